The van der Waals surface area contributed by atoms with Crippen molar-refractivity contribution < 1.29 is 24.3 Å². The summed E-state index contributed by atoms with van der Waals surface area (Å²) < 4.78 is 0. The number of hydrazine groups is 1. The molecule has 170 valence electrons. The molecule has 2 heterocycles. The maximum Gasteiger partial charge on any atom is 0.305 e. The molecule has 0 spiro atoms. The summed E-state index contributed by atoms with van der Waals surface area (Å²) in [4.78, 5) is 59.0. The van der Waals surface area contributed by atoms with Crippen molar-refractivity contribution in [2.75, 3.05) is 19.0 Å². The Hall–Kier alpha value is -4.41. The molecule has 2 aromatic carbocycles. The van der Waals surface area contributed by atoms with Crippen LogP contribution in [0.3, 0.4) is 0 Å². The molecule has 0 saturated carbocycles. The van der Waals surface area contributed by atoms with Gasteiger partial charge in [0.2, 0.25) is 5.91 Å². The van der Waals surface area contributed by atoms with Crippen molar-refractivity contribution in [2.24, 2.45) is 0 Å². The second kappa shape index (κ2) is 8.61. The second-order valence-electron chi connectivity index (χ2n) is 7.77. The van der Waals surface area contributed by atoms with Gasteiger partial charge < -0.3 is 19.9 Å². The lowest BCUT2D eigenvalue weighted by molar-refractivity contribution is -0.141. The van der Waals surface area contributed by atoms with Crippen LogP contribution in [0.5, 0.6) is 0 Å². The number of nitrogens with zero attached hydrogens (tertiary/aromatic N) is 3. The molecule has 0 fully saturated rings. The van der Waals surface area contributed by atoms with Gasteiger partial charge in [-0.15, -0.1) is 0 Å². The molecule has 3 amide bonds. The molecule has 3 aromatic rings. The van der Waals surface area contributed by atoms with Gasteiger partial charge in [0.25, 0.3) is 5.91 Å². The number of para-hydroxylation sites is 2. The third-order valence-corrected chi connectivity index (χ3v) is 5.52. The maximum atomic E-state index is 12.6. The number of carbonyl (C=O) groups is 4. The number of amides is 3. The molecule has 0 aliphatic carbocycles. The largest absolute Gasteiger partial charge is 0.481 e. The predicted molar refractivity (Wildman–Crippen MR) is 118 cm³/mol. The lowest BCUT2D eigenvalue weighted by atomic mass is 10.1. The van der Waals surface area contributed by atoms with E-state index in [1.807, 2.05) is 6.07 Å². The van der Waals surface area contributed by atoms with Gasteiger partial charge >= 0.3 is 11.9 Å². The minimum Gasteiger partial charge on any atom is -0.481 e. The third kappa shape index (κ3) is 4.33. The number of carboxylic acid groups (broad SMARTS) is 1. The topological polar surface area (TPSA) is 148 Å². The summed E-state index contributed by atoms with van der Waals surface area (Å²) in [6, 6.07) is 11.1. The number of carbonyl (C=O) groups excluding carboxylic acids is 3. The molecule has 1 unspecified atom stereocenters. The lowest BCUT2D eigenvalue weighted by Gasteiger charge is -2.27. The van der Waals surface area contributed by atoms with Crippen LogP contribution in [-0.2, 0) is 16.1 Å². The predicted octanol–water partition coefficient (Wildman–Crippen LogP) is 0.889. The first-order chi connectivity index (χ1) is 15.7. The Kier molecular flexibility index (Phi) is 5.69. The van der Waals surface area contributed by atoms with Crippen molar-refractivity contribution in [2.45, 2.75) is 19.0 Å². The summed E-state index contributed by atoms with van der Waals surface area (Å²) in [6.45, 7) is 0.209. The average molecular weight is 450 g/mol. The normalized spacial score (nSPS) is 15.7. The Bertz CT molecular complexity index is 1240. The van der Waals surface area contributed by atoms with Crippen LogP contribution in [0.4, 0.5) is 5.69 Å². The van der Waals surface area contributed by atoms with Crippen LogP contribution >= 0.6 is 0 Å². The lowest BCUT2D eigenvalue weighted by Crippen LogP contribution is -2.44. The molecule has 0 bridgehead atoms. The Morgan fingerprint density at radius 3 is 2.58 bits per heavy atom. The van der Waals surface area contributed by atoms with Crippen molar-refractivity contribution in [3.05, 3.63) is 59.4 Å². The monoisotopic (exact) mass is 450 g/mol. The molecule has 1 atom stereocenters. The Balaban J connectivity index is 1.49. The van der Waals surface area contributed by atoms with Crippen molar-refractivity contribution in [3.8, 4) is 0 Å². The van der Waals surface area contributed by atoms with Crippen LogP contribution in [0, 0.1) is 0 Å². The minimum atomic E-state index is -1.08. The van der Waals surface area contributed by atoms with Gasteiger partial charge in [-0.1, -0.05) is 12.1 Å². The van der Waals surface area contributed by atoms with E-state index in [-0.39, 0.29) is 30.3 Å². The van der Waals surface area contributed by atoms with E-state index in [0.29, 0.717) is 22.3 Å². The molecule has 1 aliphatic heterocycles. The highest BCUT2D eigenvalue weighted by Crippen LogP contribution is 2.29. The summed E-state index contributed by atoms with van der Waals surface area (Å²) in [6.07, 6.45) is -0.338. The van der Waals surface area contributed by atoms with Crippen molar-refractivity contribution in [1.29, 1.82) is 0 Å². The van der Waals surface area contributed by atoms with Crippen molar-refractivity contribution >= 4 is 40.4 Å². The second-order valence-corrected chi connectivity index (χ2v) is 7.77. The molecule has 1 aromatic heterocycles. The molecule has 11 nitrogen and oxygen atoms in total. The van der Waals surface area contributed by atoms with Gasteiger partial charge in [0.1, 0.15) is 6.04 Å². The molecule has 1 aliphatic rings. The molecule has 0 saturated heterocycles. The fourth-order valence-electron chi connectivity index (χ4n) is 3.81. The Morgan fingerprint density at radius 1 is 1.12 bits per heavy atom. The standard InChI is InChI=1S/C22H22N6O5/c1-27-11-13-9-12(7-8-16(13)28(2)17(22(27)33)10-18(29)30)20(31)25-26-21(32)19-23-14-5-3-4-6-15(14)24-19/h3-9,17H,10-11H2,1-2H3,(H,23,24)(H,25,31)(H,26,32)(H,29,30). The van der Waals surface area contributed by atoms with Gasteiger partial charge in [-0.05, 0) is 35.9 Å². The average Bonchev–Trinajstić information content (AvgIpc) is 3.21. The molecule has 11 heteroatoms. The number of anilines is 1. The summed E-state index contributed by atoms with van der Waals surface area (Å²) in [7, 11) is 3.23. The van der Waals surface area contributed by atoms with E-state index in [0.717, 1.165) is 0 Å². The SMILES string of the molecule is CN1Cc2cc(C(=O)NNC(=O)c3nc4ccccc4[nH]3)ccc2N(C)C(CC(=O)O)C1=O. The molecule has 4 N–H and O–H groups in total. The molecule has 4 rings (SSSR count). The van der Waals surface area contributed by atoms with Crippen LogP contribution in [0.2, 0.25) is 0 Å². The quantitative estimate of drug-likeness (QED) is 0.432. The zero-order chi connectivity index (χ0) is 23.7. The Labute approximate surface area is 188 Å². The van der Waals surface area contributed by atoms with E-state index >= 15 is 0 Å². The number of aromatic amines is 1. The first-order valence-electron chi connectivity index (χ1n) is 10.1. The van der Waals surface area contributed by atoms with Crippen LogP contribution in [0.25, 0.3) is 11.0 Å². The van der Waals surface area contributed by atoms with Crippen LogP contribution in [-0.4, -0.2) is 63.8 Å². The summed E-state index contributed by atoms with van der Waals surface area (Å²) in [5.74, 6) is -2.49. The number of benzene rings is 2. The van der Waals surface area contributed by atoms with Gasteiger partial charge in [0.15, 0.2) is 5.82 Å². The van der Waals surface area contributed by atoms with Gasteiger partial charge in [-0.25, -0.2) is 4.98 Å². The van der Waals surface area contributed by atoms with Gasteiger partial charge in [0, 0.05) is 31.9 Å². The number of nitrogens with one attached hydrogen (secondary N) is 3. The van der Waals surface area contributed by atoms with Crippen molar-refractivity contribution in [1.82, 2.24) is 25.7 Å². The van der Waals surface area contributed by atoms with E-state index < -0.39 is 23.8 Å². The summed E-state index contributed by atoms with van der Waals surface area (Å²) >= 11 is 0. The van der Waals surface area contributed by atoms with Crippen molar-refractivity contribution in [3.63, 3.8) is 0 Å². The van der Waals surface area contributed by atoms with E-state index in [1.165, 1.54) is 4.90 Å². The smallest absolute Gasteiger partial charge is 0.305 e. The minimum absolute atomic E-state index is 0.0599. The molecule has 33 heavy (non-hydrogen) atoms. The molecule has 0 radical (unpaired) electrons. The fourth-order valence-corrected chi connectivity index (χ4v) is 3.81. The zero-order valence-electron chi connectivity index (χ0n) is 18.0. The highest BCUT2D eigenvalue weighted by molar-refractivity contribution is 5.99. The number of aliphatic carboxylic acids is 1. The number of H-pyrrole nitrogens is 1. The highest BCUT2D eigenvalue weighted by atomic mass is 16.4. The third-order valence-electron chi connectivity index (χ3n) is 5.52. The van der Waals surface area contributed by atoms with Crippen LogP contribution in [0.1, 0.15) is 33.0 Å². The number of hydrogen-bond acceptors (Lipinski definition) is 6. The highest BCUT2D eigenvalue weighted by Gasteiger charge is 2.33. The number of fused-ring (bicyclic) bond motifs is 2. The number of likely N-dealkylation sites (N-methyl/N-ethyl adjacent to an activating group) is 2. The number of hydrogen-bond donors (Lipinski definition) is 4. The fraction of sp³-hybridized carbons (Fsp3) is 0.227. The Morgan fingerprint density at radius 2 is 1.85 bits per heavy atom. The molecular formula is C22H22N6O5. The van der Waals surface area contributed by atoms with E-state index in [1.54, 1.807) is 55.4 Å². The number of rotatable bonds is 4. The zero-order valence-corrected chi connectivity index (χ0v) is 18.0. The molecular weight excluding hydrogens is 428 g/mol. The number of carboxylic acids is 1. The van der Waals surface area contributed by atoms with E-state index in [2.05, 4.69) is 20.8 Å². The van der Waals surface area contributed by atoms with Gasteiger partial charge in [-0.3, -0.25) is 30.0 Å². The maximum absolute atomic E-state index is 12.6. The van der Waals surface area contributed by atoms with E-state index in [9.17, 15) is 24.3 Å². The van der Waals surface area contributed by atoms with E-state index in [4.69, 9.17) is 0 Å². The number of aromatic nitrogens is 2. The summed E-state index contributed by atoms with van der Waals surface area (Å²) in [5.41, 5.74) is 7.62. The first-order valence-corrected chi connectivity index (χ1v) is 10.1. The van der Waals surface area contributed by atoms with Gasteiger partial charge in [-0.2, -0.15) is 0 Å². The van der Waals surface area contributed by atoms with Crippen LogP contribution < -0.4 is 15.8 Å². The number of imidazole rings is 1. The van der Waals surface area contributed by atoms with Gasteiger partial charge in [0.05, 0.1) is 17.5 Å². The first kappa shape index (κ1) is 21.8. The van der Waals surface area contributed by atoms with Crippen LogP contribution in [0.15, 0.2) is 42.5 Å². The summed E-state index contributed by atoms with van der Waals surface area (Å²) in [5, 5.41) is 9.18.